The summed E-state index contributed by atoms with van der Waals surface area (Å²) in [6, 6.07) is 0.564. The minimum Gasteiger partial charge on any atom is -0.308 e. The lowest BCUT2D eigenvalue weighted by molar-refractivity contribution is 0.641. The molecule has 1 saturated carbocycles. The lowest BCUT2D eigenvalue weighted by atomic mass is 10.3. The number of nitrogens with zero attached hydrogens (tertiary/aromatic N) is 4. The Kier molecular flexibility index (Phi) is 2.43. The van der Waals surface area contributed by atoms with E-state index in [1.807, 2.05) is 11.7 Å². The number of hydrogen-bond acceptors (Lipinski definition) is 2. The predicted octanol–water partition coefficient (Wildman–Crippen LogP) is 2.65. The maximum atomic E-state index is 6.01. The number of halogens is 1. The first-order chi connectivity index (χ1) is 8.17. The van der Waals surface area contributed by atoms with Crippen molar-refractivity contribution >= 4 is 22.8 Å². The number of imidazole rings is 1. The minimum atomic E-state index is 0.473. The first-order valence-corrected chi connectivity index (χ1v) is 6.69. The Balaban J connectivity index is 2.26. The van der Waals surface area contributed by atoms with E-state index in [2.05, 4.69) is 28.5 Å². The lowest BCUT2D eigenvalue weighted by Crippen LogP contribution is -2.05. The summed E-state index contributed by atoms with van der Waals surface area (Å²) in [7, 11) is 1.99. The highest BCUT2D eigenvalue weighted by Crippen LogP contribution is 2.45. The van der Waals surface area contributed by atoms with Crippen molar-refractivity contribution in [2.75, 3.05) is 0 Å². The molecule has 1 aliphatic rings. The monoisotopic (exact) mass is 252 g/mol. The van der Waals surface area contributed by atoms with Crippen LogP contribution in [0.5, 0.6) is 0 Å². The molecule has 92 valence electrons. The maximum absolute atomic E-state index is 6.01. The van der Waals surface area contributed by atoms with E-state index in [0.29, 0.717) is 11.9 Å². The van der Waals surface area contributed by atoms with Gasteiger partial charge in [-0.3, -0.25) is 4.68 Å². The number of rotatable bonds is 3. The van der Waals surface area contributed by atoms with Crippen LogP contribution in [0.1, 0.15) is 37.8 Å². The minimum absolute atomic E-state index is 0.473. The van der Waals surface area contributed by atoms with Gasteiger partial charge in [0.2, 0.25) is 0 Å². The van der Waals surface area contributed by atoms with Crippen LogP contribution in [0.3, 0.4) is 0 Å². The van der Waals surface area contributed by atoms with Gasteiger partial charge in [0, 0.05) is 13.1 Å². The van der Waals surface area contributed by atoms with Crippen LogP contribution < -0.4 is 0 Å². The maximum Gasteiger partial charge on any atom is 0.158 e. The van der Waals surface area contributed by atoms with Gasteiger partial charge < -0.3 is 4.57 Å². The van der Waals surface area contributed by atoms with E-state index in [4.69, 9.17) is 11.6 Å². The quantitative estimate of drug-likeness (QED) is 0.788. The van der Waals surface area contributed by atoms with Crippen LogP contribution in [0.4, 0.5) is 0 Å². The highest BCUT2D eigenvalue weighted by atomic mass is 35.5. The summed E-state index contributed by atoms with van der Waals surface area (Å²) in [6.07, 6.45) is 2.14. The van der Waals surface area contributed by atoms with Gasteiger partial charge in [-0.2, -0.15) is 5.10 Å². The van der Waals surface area contributed by atoms with Gasteiger partial charge in [-0.05, 0) is 18.8 Å². The topological polar surface area (TPSA) is 35.6 Å². The average Bonchev–Trinajstić information content (AvgIpc) is 2.79. The van der Waals surface area contributed by atoms with Gasteiger partial charge in [0.15, 0.2) is 5.65 Å². The zero-order valence-electron chi connectivity index (χ0n) is 10.4. The molecule has 2 aromatic heterocycles. The molecular formula is C12H17ClN4. The number of alkyl halides is 1. The molecule has 2 unspecified atom stereocenters. The molecule has 0 spiro atoms. The second-order valence-electron chi connectivity index (χ2n) is 4.91. The molecule has 0 radical (unpaired) electrons. The fourth-order valence-corrected chi connectivity index (χ4v) is 2.78. The normalized spacial score (nSPS) is 23.5. The second-order valence-corrected chi connectivity index (χ2v) is 5.18. The Bertz CT molecular complexity index is 569. The van der Waals surface area contributed by atoms with Crippen molar-refractivity contribution in [3.8, 4) is 0 Å². The molecule has 4 nitrogen and oxygen atoms in total. The van der Waals surface area contributed by atoms with Crippen molar-refractivity contribution < 1.29 is 0 Å². The molecule has 2 atom stereocenters. The van der Waals surface area contributed by atoms with Crippen molar-refractivity contribution in [2.45, 2.75) is 38.6 Å². The predicted molar refractivity (Wildman–Crippen MR) is 68.3 cm³/mol. The van der Waals surface area contributed by atoms with Crippen molar-refractivity contribution in [1.29, 1.82) is 0 Å². The Hall–Kier alpha value is -1.03. The van der Waals surface area contributed by atoms with E-state index in [-0.39, 0.29) is 0 Å². The molecule has 0 bridgehead atoms. The lowest BCUT2D eigenvalue weighted by Gasteiger charge is -2.06. The average molecular weight is 253 g/mol. The van der Waals surface area contributed by atoms with Gasteiger partial charge in [0.05, 0.1) is 11.6 Å². The van der Waals surface area contributed by atoms with Crippen molar-refractivity contribution in [1.82, 2.24) is 19.3 Å². The Morgan fingerprint density at radius 1 is 1.47 bits per heavy atom. The van der Waals surface area contributed by atoms with Crippen LogP contribution in [0, 0.1) is 5.92 Å². The third-order valence-electron chi connectivity index (χ3n) is 3.66. The fourth-order valence-electron chi connectivity index (χ4n) is 2.59. The highest BCUT2D eigenvalue weighted by Gasteiger charge is 2.38. The smallest absolute Gasteiger partial charge is 0.158 e. The molecule has 5 heteroatoms. The van der Waals surface area contributed by atoms with Crippen molar-refractivity contribution in [3.63, 3.8) is 0 Å². The molecule has 0 aromatic carbocycles. The van der Waals surface area contributed by atoms with Crippen LogP contribution in [0.25, 0.3) is 11.2 Å². The summed E-state index contributed by atoms with van der Waals surface area (Å²) >= 11 is 6.01. The van der Waals surface area contributed by atoms with Gasteiger partial charge in [0.25, 0.3) is 0 Å². The first-order valence-electron chi connectivity index (χ1n) is 6.16. The van der Waals surface area contributed by atoms with E-state index in [9.17, 15) is 0 Å². The third-order valence-corrected chi connectivity index (χ3v) is 3.90. The zero-order chi connectivity index (χ0) is 12.2. The molecule has 2 heterocycles. The summed E-state index contributed by atoms with van der Waals surface area (Å²) in [5, 5.41) is 4.53. The molecule has 0 amide bonds. The number of aryl methyl sites for hydroxylation is 2. The van der Waals surface area contributed by atoms with Crippen LogP contribution in [-0.4, -0.2) is 19.3 Å². The molecule has 3 rings (SSSR count). The SMILES string of the molecule is CCc1nn(C)c2c1nc(CCl)n2C1CC1C. The van der Waals surface area contributed by atoms with Gasteiger partial charge in [0.1, 0.15) is 11.3 Å². The number of aromatic nitrogens is 4. The summed E-state index contributed by atoms with van der Waals surface area (Å²) in [5.41, 5.74) is 3.23. The summed E-state index contributed by atoms with van der Waals surface area (Å²) < 4.78 is 4.24. The summed E-state index contributed by atoms with van der Waals surface area (Å²) in [4.78, 5) is 4.67. The van der Waals surface area contributed by atoms with Gasteiger partial charge in [-0.1, -0.05) is 13.8 Å². The molecular weight excluding hydrogens is 236 g/mol. The van der Waals surface area contributed by atoms with Gasteiger partial charge >= 0.3 is 0 Å². The number of hydrogen-bond donors (Lipinski definition) is 0. The molecule has 0 N–H and O–H groups in total. The Labute approximate surface area is 106 Å². The molecule has 1 aliphatic carbocycles. The van der Waals surface area contributed by atoms with E-state index in [1.54, 1.807) is 0 Å². The van der Waals surface area contributed by atoms with E-state index >= 15 is 0 Å². The highest BCUT2D eigenvalue weighted by molar-refractivity contribution is 6.16. The molecule has 1 fully saturated rings. The van der Waals surface area contributed by atoms with Crippen LogP contribution in [0.2, 0.25) is 0 Å². The molecule has 17 heavy (non-hydrogen) atoms. The Morgan fingerprint density at radius 3 is 2.71 bits per heavy atom. The zero-order valence-corrected chi connectivity index (χ0v) is 11.2. The van der Waals surface area contributed by atoms with Crippen LogP contribution >= 0.6 is 11.6 Å². The fraction of sp³-hybridized carbons (Fsp3) is 0.667. The van der Waals surface area contributed by atoms with E-state index in [0.717, 1.165) is 35.0 Å². The molecule has 0 saturated heterocycles. The third kappa shape index (κ3) is 1.50. The second kappa shape index (κ2) is 3.73. The summed E-state index contributed by atoms with van der Waals surface area (Å²) in [5.74, 6) is 2.19. The van der Waals surface area contributed by atoms with Gasteiger partial charge in [-0.15, -0.1) is 11.6 Å². The van der Waals surface area contributed by atoms with Gasteiger partial charge in [-0.25, -0.2) is 4.98 Å². The molecule has 0 aliphatic heterocycles. The largest absolute Gasteiger partial charge is 0.308 e. The first kappa shape index (κ1) is 11.1. The van der Waals surface area contributed by atoms with E-state index in [1.165, 1.54) is 6.42 Å². The van der Waals surface area contributed by atoms with E-state index < -0.39 is 0 Å². The standard InChI is InChI=1S/C12H17ClN4/c1-4-8-11-12(16(3)15-8)17(9-5-7(9)2)10(6-13)14-11/h7,9H,4-6H2,1-3H3. The Morgan fingerprint density at radius 2 is 2.18 bits per heavy atom. The van der Waals surface area contributed by atoms with Crippen molar-refractivity contribution in [3.05, 3.63) is 11.5 Å². The van der Waals surface area contributed by atoms with Crippen LogP contribution in [0.15, 0.2) is 0 Å². The van der Waals surface area contributed by atoms with Crippen LogP contribution in [-0.2, 0) is 19.3 Å². The molecule has 2 aromatic rings. The summed E-state index contributed by atoms with van der Waals surface area (Å²) in [6.45, 7) is 4.38. The van der Waals surface area contributed by atoms with Crippen molar-refractivity contribution in [2.24, 2.45) is 13.0 Å². The number of fused-ring (bicyclic) bond motifs is 1.